The molecule has 1 fully saturated rings. The molecule has 396 valence electrons. The Morgan fingerprint density at radius 2 is 0.970 bits per heavy atom. The molecule has 1 N–H and O–H groups in total. The number of hydrogen-bond donors (Lipinski definition) is 1. The lowest BCUT2D eigenvalue weighted by Gasteiger charge is -2.23. The number of esters is 1. The molecule has 1 heterocycles. The van der Waals surface area contributed by atoms with Crippen LogP contribution in [-0.4, -0.2) is 60.1 Å². The first-order chi connectivity index (χ1) is 32.6. The van der Waals surface area contributed by atoms with Crippen LogP contribution in [0, 0.1) is 17.8 Å². The molecule has 1 rings (SSSR count). The summed E-state index contributed by atoms with van der Waals surface area (Å²) >= 11 is 0. The van der Waals surface area contributed by atoms with E-state index in [1.807, 2.05) is 13.8 Å². The van der Waals surface area contributed by atoms with Gasteiger partial charge in [-0.25, -0.2) is 0 Å². The lowest BCUT2D eigenvalue weighted by atomic mass is 9.89. The summed E-state index contributed by atoms with van der Waals surface area (Å²) in [5, 5.41) is 3.12. The van der Waals surface area contributed by atoms with Crippen molar-refractivity contribution in [3.63, 3.8) is 0 Å². The summed E-state index contributed by atoms with van der Waals surface area (Å²) < 4.78 is 5.98. The highest BCUT2D eigenvalue weighted by Gasteiger charge is 2.37. The first-order valence-electron chi connectivity index (χ1n) is 29.9. The largest absolute Gasteiger partial charge is 0.461 e. The summed E-state index contributed by atoms with van der Waals surface area (Å²) in [5.41, 5.74) is 0. The van der Waals surface area contributed by atoms with Gasteiger partial charge >= 0.3 is 5.97 Å². The molecule has 0 saturated carbocycles. The Balaban J connectivity index is 0.0000215. The minimum Gasteiger partial charge on any atom is -0.461 e. The molecule has 3 atom stereocenters. The zero-order valence-corrected chi connectivity index (χ0v) is 46.3. The lowest BCUT2D eigenvalue weighted by Crippen LogP contribution is -2.36. The van der Waals surface area contributed by atoms with E-state index >= 15 is 0 Å². The molecule has 0 radical (unpaired) electrons. The topological polar surface area (TPSA) is 92.8 Å². The van der Waals surface area contributed by atoms with Crippen LogP contribution in [0.5, 0.6) is 0 Å². The normalized spacial score (nSPS) is 15.5. The standard InChI is InChI=1S/C58H110N2O5.C2H6/c1-7-10-13-16-19-20-24-29-36-45-59-57(63)42-35-30-37-46-60-49-54(65-58(64)44-43-51(6)50(4)5)48-55(60)56(62)41-34-28-23-21-22-27-33-40-53(61)47-52(38-31-25-17-14-11-8-2)39-32-26-18-15-12-9-3;1-2/h50-52,54-55H,7-49H2,1-6H3,(H,59,63);1-2H3. The Kier molecular flexibility index (Phi) is 46.6. The van der Waals surface area contributed by atoms with Crippen LogP contribution in [0.3, 0.4) is 0 Å². The quantitative estimate of drug-likeness (QED) is 0.0482. The number of nitrogens with zero attached hydrogens (tertiary/aromatic N) is 1. The number of likely N-dealkylation sites (tertiary alicyclic amines) is 1. The number of rotatable bonds is 48. The van der Waals surface area contributed by atoms with Crippen LogP contribution < -0.4 is 5.32 Å². The van der Waals surface area contributed by atoms with Gasteiger partial charge in [0.15, 0.2) is 0 Å². The van der Waals surface area contributed by atoms with Gasteiger partial charge < -0.3 is 10.1 Å². The van der Waals surface area contributed by atoms with Crippen molar-refractivity contribution in [1.29, 1.82) is 0 Å². The molecule has 0 spiro atoms. The van der Waals surface area contributed by atoms with Gasteiger partial charge in [0.25, 0.3) is 0 Å². The van der Waals surface area contributed by atoms with Crippen molar-refractivity contribution < 1.29 is 23.9 Å². The van der Waals surface area contributed by atoms with Gasteiger partial charge in [-0.15, -0.1) is 0 Å². The minimum absolute atomic E-state index is 0.135. The SMILES string of the molecule is CC.CCCCCCCCCCCNC(=O)CCCCCN1CC(OC(=O)CCC(C)C(C)C)CC1C(=O)CCCCCCCCCC(=O)CC(CCCCCCCC)CCCCCCCC. The maximum Gasteiger partial charge on any atom is 0.306 e. The minimum atomic E-state index is -0.226. The Morgan fingerprint density at radius 3 is 1.49 bits per heavy atom. The van der Waals surface area contributed by atoms with E-state index in [0.29, 0.717) is 55.8 Å². The molecule has 0 bridgehead atoms. The zero-order chi connectivity index (χ0) is 49.6. The highest BCUT2D eigenvalue weighted by atomic mass is 16.5. The number of ether oxygens (including phenoxy) is 1. The zero-order valence-electron chi connectivity index (χ0n) is 46.3. The van der Waals surface area contributed by atoms with Crippen molar-refractivity contribution >= 4 is 23.4 Å². The molecule has 67 heavy (non-hydrogen) atoms. The van der Waals surface area contributed by atoms with E-state index in [9.17, 15) is 19.2 Å². The molecule has 0 aliphatic carbocycles. The fourth-order valence-electron chi connectivity index (χ4n) is 9.85. The van der Waals surface area contributed by atoms with Gasteiger partial charge in [-0.2, -0.15) is 0 Å². The van der Waals surface area contributed by atoms with Gasteiger partial charge in [0.1, 0.15) is 17.7 Å². The molecule has 3 unspecified atom stereocenters. The van der Waals surface area contributed by atoms with Crippen LogP contribution in [0.2, 0.25) is 0 Å². The molecule has 0 aromatic carbocycles. The van der Waals surface area contributed by atoms with Crippen LogP contribution in [0.25, 0.3) is 0 Å². The summed E-state index contributed by atoms with van der Waals surface area (Å²) in [7, 11) is 0. The maximum atomic E-state index is 13.7. The van der Waals surface area contributed by atoms with Crippen molar-refractivity contribution in [2.45, 2.75) is 324 Å². The van der Waals surface area contributed by atoms with Gasteiger partial charge in [0, 0.05) is 51.6 Å². The number of hydrogen-bond acceptors (Lipinski definition) is 6. The van der Waals surface area contributed by atoms with Gasteiger partial charge in [-0.3, -0.25) is 24.1 Å². The number of unbranched alkanes of at least 4 members (excludes halogenated alkanes) is 26. The van der Waals surface area contributed by atoms with Crippen molar-refractivity contribution in [2.75, 3.05) is 19.6 Å². The second kappa shape index (κ2) is 47.9. The predicted molar refractivity (Wildman–Crippen MR) is 289 cm³/mol. The summed E-state index contributed by atoms with van der Waals surface area (Å²) in [6.45, 7) is 19.6. The summed E-state index contributed by atoms with van der Waals surface area (Å²) in [5.74, 6) is 2.40. The molecule has 0 aromatic heterocycles. The summed E-state index contributed by atoms with van der Waals surface area (Å²) in [6.07, 6.45) is 44.6. The smallest absolute Gasteiger partial charge is 0.306 e. The van der Waals surface area contributed by atoms with Crippen LogP contribution in [0.4, 0.5) is 0 Å². The van der Waals surface area contributed by atoms with Crippen LogP contribution in [0.1, 0.15) is 312 Å². The van der Waals surface area contributed by atoms with E-state index < -0.39 is 0 Å². The third-order valence-electron chi connectivity index (χ3n) is 14.8. The van der Waals surface area contributed by atoms with Crippen LogP contribution in [-0.2, 0) is 23.9 Å². The Morgan fingerprint density at radius 1 is 0.522 bits per heavy atom. The highest BCUT2D eigenvalue weighted by molar-refractivity contribution is 5.84. The van der Waals surface area contributed by atoms with E-state index in [0.717, 1.165) is 90.1 Å². The number of Topliss-reactive ketones (excluding diaryl/α,β-unsaturated/α-hetero) is 2. The van der Waals surface area contributed by atoms with Crippen LogP contribution >= 0.6 is 0 Å². The molecular formula is C60H116N2O5. The summed E-state index contributed by atoms with van der Waals surface area (Å²) in [6, 6.07) is -0.184. The van der Waals surface area contributed by atoms with Gasteiger partial charge in [0.2, 0.25) is 5.91 Å². The van der Waals surface area contributed by atoms with Crippen molar-refractivity contribution in [3.8, 4) is 0 Å². The maximum absolute atomic E-state index is 13.7. The van der Waals surface area contributed by atoms with Gasteiger partial charge in [-0.1, -0.05) is 235 Å². The third-order valence-corrected chi connectivity index (χ3v) is 14.8. The molecule has 1 aliphatic rings. The van der Waals surface area contributed by atoms with E-state index in [4.69, 9.17) is 4.74 Å². The fraction of sp³-hybridized carbons (Fsp3) is 0.933. The second-order valence-electron chi connectivity index (χ2n) is 21.3. The fourth-order valence-corrected chi connectivity index (χ4v) is 9.85. The predicted octanol–water partition coefficient (Wildman–Crippen LogP) is 17.4. The van der Waals surface area contributed by atoms with E-state index in [1.54, 1.807) is 0 Å². The van der Waals surface area contributed by atoms with E-state index in [1.165, 1.54) is 154 Å². The first-order valence-corrected chi connectivity index (χ1v) is 29.9. The Bertz CT molecular complexity index is 1130. The Hall–Kier alpha value is -1.76. The molecule has 1 saturated heterocycles. The monoisotopic (exact) mass is 945 g/mol. The second-order valence-corrected chi connectivity index (χ2v) is 21.3. The van der Waals surface area contributed by atoms with Crippen molar-refractivity contribution in [1.82, 2.24) is 10.2 Å². The van der Waals surface area contributed by atoms with Gasteiger partial charge in [0.05, 0.1) is 6.04 Å². The number of amides is 1. The first kappa shape index (κ1) is 65.2. The average molecular weight is 946 g/mol. The number of ketones is 2. The number of carbonyl (C=O) groups is 4. The van der Waals surface area contributed by atoms with Crippen molar-refractivity contribution in [3.05, 3.63) is 0 Å². The van der Waals surface area contributed by atoms with Gasteiger partial charge in [-0.05, 0) is 62.8 Å². The van der Waals surface area contributed by atoms with E-state index in [-0.39, 0.29) is 29.8 Å². The molecule has 0 aromatic rings. The van der Waals surface area contributed by atoms with Crippen LogP contribution in [0.15, 0.2) is 0 Å². The average Bonchev–Trinajstić information content (AvgIpc) is 3.72. The molecule has 1 aliphatic heterocycles. The van der Waals surface area contributed by atoms with E-state index in [2.05, 4.69) is 51.8 Å². The Labute approximate surface area is 417 Å². The van der Waals surface area contributed by atoms with Crippen molar-refractivity contribution in [2.24, 2.45) is 17.8 Å². The summed E-state index contributed by atoms with van der Waals surface area (Å²) in [4.78, 5) is 54.3. The third kappa shape index (κ3) is 39.6. The lowest BCUT2D eigenvalue weighted by molar-refractivity contribution is -0.149. The molecule has 1 amide bonds. The number of nitrogens with one attached hydrogen (secondary N) is 1. The highest BCUT2D eigenvalue weighted by Crippen LogP contribution is 2.27. The number of carbonyl (C=O) groups excluding carboxylic acids is 4. The molecular weight excluding hydrogens is 829 g/mol. The molecule has 7 heteroatoms. The molecule has 7 nitrogen and oxygen atoms in total.